The van der Waals surface area contributed by atoms with Crippen LogP contribution in [0.1, 0.15) is 38.5 Å². The van der Waals surface area contributed by atoms with Crippen LogP contribution in [0.3, 0.4) is 0 Å². The molecular formula is C16H27N3O3. The van der Waals surface area contributed by atoms with Gasteiger partial charge in [-0.3, -0.25) is 4.79 Å². The van der Waals surface area contributed by atoms with Gasteiger partial charge >= 0.3 is 6.03 Å². The van der Waals surface area contributed by atoms with Crippen molar-refractivity contribution in [3.8, 4) is 0 Å². The van der Waals surface area contributed by atoms with Crippen LogP contribution in [0, 0.1) is 5.92 Å². The maximum Gasteiger partial charge on any atom is 0.319 e. The summed E-state index contributed by atoms with van der Waals surface area (Å²) in [6.07, 6.45) is 5.66. The number of urea groups is 1. The Hall–Kier alpha value is -1.30. The minimum absolute atomic E-state index is 0.109. The first-order valence-electron chi connectivity index (χ1n) is 8.66. The number of ether oxygens (including phenoxy) is 1. The van der Waals surface area contributed by atoms with Crippen LogP contribution in [0.15, 0.2) is 0 Å². The van der Waals surface area contributed by atoms with Crippen LogP contribution in [0.4, 0.5) is 4.79 Å². The van der Waals surface area contributed by atoms with Gasteiger partial charge in [-0.15, -0.1) is 0 Å². The summed E-state index contributed by atoms with van der Waals surface area (Å²) in [4.78, 5) is 28.5. The van der Waals surface area contributed by atoms with Crippen LogP contribution in [0.5, 0.6) is 0 Å². The van der Waals surface area contributed by atoms with E-state index in [1.807, 2.05) is 9.80 Å². The summed E-state index contributed by atoms with van der Waals surface area (Å²) in [6, 6.07) is 0.407. The van der Waals surface area contributed by atoms with Crippen LogP contribution < -0.4 is 5.32 Å². The minimum atomic E-state index is 0.109. The predicted octanol–water partition coefficient (Wildman–Crippen LogP) is 1.21. The lowest BCUT2D eigenvalue weighted by Crippen LogP contribution is -2.51. The van der Waals surface area contributed by atoms with Crippen molar-refractivity contribution < 1.29 is 14.3 Å². The minimum Gasteiger partial charge on any atom is -0.381 e. The van der Waals surface area contributed by atoms with Crippen LogP contribution in [0.2, 0.25) is 0 Å². The fourth-order valence-corrected chi connectivity index (χ4v) is 3.60. The lowest BCUT2D eigenvalue weighted by atomic mass is 9.97. The average molecular weight is 309 g/mol. The summed E-state index contributed by atoms with van der Waals surface area (Å²) < 4.78 is 5.30. The molecule has 124 valence electrons. The quantitative estimate of drug-likeness (QED) is 0.834. The Bertz CT molecular complexity index is 395. The van der Waals surface area contributed by atoms with Gasteiger partial charge in [-0.1, -0.05) is 0 Å². The molecular weight excluding hydrogens is 282 g/mol. The molecule has 3 aliphatic heterocycles. The van der Waals surface area contributed by atoms with Crippen LogP contribution in [0.25, 0.3) is 0 Å². The van der Waals surface area contributed by atoms with Crippen LogP contribution in [-0.4, -0.2) is 67.2 Å². The lowest BCUT2D eigenvalue weighted by molar-refractivity contribution is -0.128. The van der Waals surface area contributed by atoms with E-state index < -0.39 is 0 Å². The van der Waals surface area contributed by atoms with Crippen molar-refractivity contribution in [2.75, 3.05) is 39.4 Å². The van der Waals surface area contributed by atoms with Gasteiger partial charge < -0.3 is 19.9 Å². The smallest absolute Gasteiger partial charge is 0.319 e. The standard InChI is InChI=1S/C16H27N3O3/c20-15(13-5-11-22-12-6-13)17-14-3-9-19(10-4-14)16(21)18-7-1-2-8-18/h13-14H,1-12H2,(H,17,20). The van der Waals surface area contributed by atoms with Crippen LogP contribution >= 0.6 is 0 Å². The van der Waals surface area contributed by atoms with Crippen molar-refractivity contribution in [1.82, 2.24) is 15.1 Å². The van der Waals surface area contributed by atoms with E-state index in [4.69, 9.17) is 4.74 Å². The molecule has 0 spiro atoms. The maximum atomic E-state index is 12.3. The molecule has 3 amide bonds. The monoisotopic (exact) mass is 309 g/mol. The SMILES string of the molecule is O=C(NC1CCN(C(=O)N2CCCC2)CC1)C1CCOCC1. The molecule has 0 radical (unpaired) electrons. The zero-order valence-corrected chi connectivity index (χ0v) is 13.3. The Kier molecular flexibility index (Phi) is 5.18. The summed E-state index contributed by atoms with van der Waals surface area (Å²) >= 11 is 0. The highest BCUT2D eigenvalue weighted by atomic mass is 16.5. The first-order chi connectivity index (χ1) is 10.7. The summed E-state index contributed by atoms with van der Waals surface area (Å²) in [6.45, 7) is 4.71. The van der Waals surface area contributed by atoms with Gasteiger partial charge in [0, 0.05) is 51.4 Å². The third kappa shape index (κ3) is 3.72. The fraction of sp³-hybridized carbons (Fsp3) is 0.875. The first-order valence-corrected chi connectivity index (χ1v) is 8.66. The molecule has 22 heavy (non-hydrogen) atoms. The van der Waals surface area contributed by atoms with Gasteiger partial charge in [0.25, 0.3) is 0 Å². The van der Waals surface area contributed by atoms with Crippen molar-refractivity contribution >= 4 is 11.9 Å². The van der Waals surface area contributed by atoms with Crippen molar-refractivity contribution in [3.05, 3.63) is 0 Å². The number of rotatable bonds is 2. The second kappa shape index (κ2) is 7.31. The van der Waals surface area contributed by atoms with Gasteiger partial charge in [0.15, 0.2) is 0 Å². The highest BCUT2D eigenvalue weighted by Gasteiger charge is 2.29. The Morgan fingerprint density at radius 3 is 2.09 bits per heavy atom. The molecule has 3 aliphatic rings. The first kappa shape index (κ1) is 15.6. The van der Waals surface area contributed by atoms with E-state index in [0.717, 1.165) is 64.7 Å². The third-order valence-electron chi connectivity index (χ3n) is 5.08. The second-order valence-corrected chi connectivity index (χ2v) is 6.63. The van der Waals surface area contributed by atoms with E-state index in [1.54, 1.807) is 0 Å². The van der Waals surface area contributed by atoms with Crippen molar-refractivity contribution in [2.24, 2.45) is 5.92 Å². The number of hydrogen-bond acceptors (Lipinski definition) is 3. The Morgan fingerprint density at radius 1 is 0.864 bits per heavy atom. The summed E-state index contributed by atoms with van der Waals surface area (Å²) in [5.41, 5.74) is 0. The summed E-state index contributed by atoms with van der Waals surface area (Å²) in [5.74, 6) is 0.283. The van der Waals surface area contributed by atoms with Gasteiger partial charge in [-0.05, 0) is 38.5 Å². The molecule has 3 heterocycles. The zero-order chi connectivity index (χ0) is 15.4. The number of nitrogens with zero attached hydrogens (tertiary/aromatic N) is 2. The largest absolute Gasteiger partial charge is 0.381 e. The van der Waals surface area contributed by atoms with E-state index in [2.05, 4.69) is 5.32 Å². The average Bonchev–Trinajstić information content (AvgIpc) is 3.10. The van der Waals surface area contributed by atoms with E-state index in [9.17, 15) is 9.59 Å². The normalized spacial score (nSPS) is 24.5. The Morgan fingerprint density at radius 2 is 1.45 bits per heavy atom. The molecule has 0 aliphatic carbocycles. The van der Waals surface area contributed by atoms with Gasteiger partial charge in [0.05, 0.1) is 0 Å². The number of carbonyl (C=O) groups excluding carboxylic acids is 2. The molecule has 0 aromatic rings. The third-order valence-corrected chi connectivity index (χ3v) is 5.08. The molecule has 6 nitrogen and oxygen atoms in total. The highest BCUT2D eigenvalue weighted by molar-refractivity contribution is 5.79. The molecule has 6 heteroatoms. The van der Waals surface area contributed by atoms with Gasteiger partial charge in [0.1, 0.15) is 0 Å². The number of likely N-dealkylation sites (tertiary alicyclic amines) is 2. The summed E-state index contributed by atoms with van der Waals surface area (Å²) in [7, 11) is 0. The van der Waals surface area contributed by atoms with Gasteiger partial charge in [-0.2, -0.15) is 0 Å². The van der Waals surface area contributed by atoms with E-state index >= 15 is 0 Å². The highest BCUT2D eigenvalue weighted by Crippen LogP contribution is 2.18. The molecule has 3 fully saturated rings. The Labute approximate surface area is 132 Å². The molecule has 1 N–H and O–H groups in total. The molecule has 0 saturated carbocycles. The van der Waals surface area contributed by atoms with Crippen molar-refractivity contribution in [3.63, 3.8) is 0 Å². The maximum absolute atomic E-state index is 12.3. The van der Waals surface area contributed by atoms with Crippen LogP contribution in [-0.2, 0) is 9.53 Å². The van der Waals surface area contributed by atoms with Crippen molar-refractivity contribution in [1.29, 1.82) is 0 Å². The molecule has 0 aromatic heterocycles. The number of amides is 3. The molecule has 0 atom stereocenters. The molecule has 0 unspecified atom stereocenters. The number of hydrogen-bond donors (Lipinski definition) is 1. The number of carbonyl (C=O) groups is 2. The second-order valence-electron chi connectivity index (χ2n) is 6.63. The molecule has 3 saturated heterocycles. The molecule has 0 bridgehead atoms. The van der Waals surface area contributed by atoms with E-state index in [0.29, 0.717) is 13.2 Å². The van der Waals surface area contributed by atoms with E-state index in [-0.39, 0.29) is 23.9 Å². The van der Waals surface area contributed by atoms with E-state index in [1.165, 1.54) is 0 Å². The summed E-state index contributed by atoms with van der Waals surface area (Å²) in [5, 5.41) is 3.17. The lowest BCUT2D eigenvalue weighted by Gasteiger charge is -2.35. The number of piperidine rings is 1. The zero-order valence-electron chi connectivity index (χ0n) is 13.3. The van der Waals surface area contributed by atoms with Gasteiger partial charge in [0.2, 0.25) is 5.91 Å². The molecule has 0 aromatic carbocycles. The van der Waals surface area contributed by atoms with Gasteiger partial charge in [-0.25, -0.2) is 4.79 Å². The predicted molar refractivity (Wildman–Crippen MR) is 82.5 cm³/mol. The topological polar surface area (TPSA) is 61.9 Å². The molecule has 3 rings (SSSR count). The Balaban J connectivity index is 1.41. The van der Waals surface area contributed by atoms with Crippen molar-refractivity contribution in [2.45, 2.75) is 44.6 Å². The number of nitrogens with one attached hydrogen (secondary N) is 1. The fourth-order valence-electron chi connectivity index (χ4n) is 3.60.